The van der Waals surface area contributed by atoms with Crippen LogP contribution in [0.4, 0.5) is 0 Å². The van der Waals surface area contributed by atoms with Crippen LogP contribution in [0.2, 0.25) is 0 Å². The normalized spacial score (nSPS) is 16.3. The molecule has 2 heterocycles. The molecule has 1 fully saturated rings. The fraction of sp³-hybridized carbons (Fsp3) is 0.412. The first-order valence-electron chi connectivity index (χ1n) is 7.66. The van der Waals surface area contributed by atoms with E-state index in [0.717, 1.165) is 43.4 Å². The van der Waals surface area contributed by atoms with Crippen LogP contribution in [0, 0.1) is 0 Å². The summed E-state index contributed by atoms with van der Waals surface area (Å²) in [4.78, 5) is 19.0. The number of nitrogens with one attached hydrogen (secondary N) is 1. The van der Waals surface area contributed by atoms with E-state index in [0.29, 0.717) is 11.7 Å². The molecule has 4 nitrogen and oxygen atoms in total. The van der Waals surface area contributed by atoms with Gasteiger partial charge in [-0.15, -0.1) is 0 Å². The smallest absolute Gasteiger partial charge is 0.272 e. The Morgan fingerprint density at radius 1 is 1.24 bits per heavy atom. The fourth-order valence-corrected chi connectivity index (χ4v) is 2.92. The highest BCUT2D eigenvalue weighted by atomic mass is 16.2. The predicted octanol–water partition coefficient (Wildman–Crippen LogP) is 2.45. The topological polar surface area (TPSA) is 45.2 Å². The molecular weight excluding hydrogens is 262 g/mol. The van der Waals surface area contributed by atoms with E-state index >= 15 is 0 Å². The van der Waals surface area contributed by atoms with Crippen molar-refractivity contribution in [1.82, 2.24) is 15.2 Å². The van der Waals surface area contributed by atoms with E-state index in [1.165, 1.54) is 0 Å². The van der Waals surface area contributed by atoms with Gasteiger partial charge >= 0.3 is 0 Å². The van der Waals surface area contributed by atoms with Crippen LogP contribution < -0.4 is 5.32 Å². The van der Waals surface area contributed by atoms with Crippen LogP contribution in [0.25, 0.3) is 10.9 Å². The minimum atomic E-state index is 0.0516. The van der Waals surface area contributed by atoms with E-state index < -0.39 is 0 Å². The Kier molecular flexibility index (Phi) is 4.15. The zero-order chi connectivity index (χ0) is 14.7. The molecule has 0 atom stereocenters. The molecule has 1 aliphatic rings. The highest BCUT2D eigenvalue weighted by Crippen LogP contribution is 2.16. The van der Waals surface area contributed by atoms with Gasteiger partial charge in [0.05, 0.1) is 5.52 Å². The summed E-state index contributed by atoms with van der Waals surface area (Å²) in [5.74, 6) is 0.0516. The highest BCUT2D eigenvalue weighted by molar-refractivity contribution is 5.94. The second-order valence-corrected chi connectivity index (χ2v) is 5.51. The molecule has 0 bridgehead atoms. The number of likely N-dealkylation sites (tertiary alicyclic amines) is 1. The first-order chi connectivity index (χ1) is 10.3. The number of aromatic nitrogens is 1. The van der Waals surface area contributed by atoms with Crippen molar-refractivity contribution in [3.63, 3.8) is 0 Å². The molecule has 0 radical (unpaired) electrons. The van der Waals surface area contributed by atoms with Crippen molar-refractivity contribution >= 4 is 16.8 Å². The molecule has 21 heavy (non-hydrogen) atoms. The maximum atomic E-state index is 12.6. The van der Waals surface area contributed by atoms with Crippen LogP contribution in [0.1, 0.15) is 30.3 Å². The molecule has 1 aliphatic heterocycles. The molecule has 0 saturated carbocycles. The van der Waals surface area contributed by atoms with Crippen molar-refractivity contribution in [3.05, 3.63) is 42.1 Å². The molecule has 3 rings (SSSR count). The van der Waals surface area contributed by atoms with Crippen LogP contribution in [-0.2, 0) is 0 Å². The number of nitrogens with zero attached hydrogens (tertiary/aromatic N) is 2. The van der Waals surface area contributed by atoms with Crippen LogP contribution in [0.3, 0.4) is 0 Å². The lowest BCUT2D eigenvalue weighted by Crippen LogP contribution is -2.45. The van der Waals surface area contributed by atoms with Crippen molar-refractivity contribution in [2.45, 2.75) is 25.8 Å². The first kappa shape index (κ1) is 14.0. The van der Waals surface area contributed by atoms with Gasteiger partial charge in [0.1, 0.15) is 5.69 Å². The van der Waals surface area contributed by atoms with Gasteiger partial charge in [0.25, 0.3) is 5.91 Å². The van der Waals surface area contributed by atoms with Gasteiger partial charge in [-0.05, 0) is 31.5 Å². The van der Waals surface area contributed by atoms with Crippen LogP contribution in [-0.4, -0.2) is 41.5 Å². The minimum Gasteiger partial charge on any atom is -0.337 e. The molecule has 1 aromatic heterocycles. The summed E-state index contributed by atoms with van der Waals surface area (Å²) in [6.07, 6.45) is 2.04. The maximum absolute atomic E-state index is 12.6. The SMILES string of the molecule is CCNC1CCN(C(=O)c2ccc3ccccc3n2)CC1. The predicted molar refractivity (Wildman–Crippen MR) is 84.3 cm³/mol. The summed E-state index contributed by atoms with van der Waals surface area (Å²) in [5.41, 5.74) is 1.43. The number of pyridine rings is 1. The number of benzene rings is 1. The molecule has 4 heteroatoms. The van der Waals surface area contributed by atoms with E-state index in [1.807, 2.05) is 41.3 Å². The average molecular weight is 283 g/mol. The third-order valence-corrected chi connectivity index (χ3v) is 4.09. The molecule has 0 unspecified atom stereocenters. The summed E-state index contributed by atoms with van der Waals surface area (Å²) in [5, 5.41) is 4.52. The number of hydrogen-bond acceptors (Lipinski definition) is 3. The number of fused-ring (bicyclic) bond motifs is 1. The number of hydrogen-bond donors (Lipinski definition) is 1. The summed E-state index contributed by atoms with van der Waals surface area (Å²) in [7, 11) is 0. The number of amides is 1. The molecule has 1 aromatic carbocycles. The van der Waals surface area contributed by atoms with Gasteiger partial charge in [-0.1, -0.05) is 31.2 Å². The lowest BCUT2D eigenvalue weighted by molar-refractivity contribution is 0.0700. The first-order valence-corrected chi connectivity index (χ1v) is 7.66. The van der Waals surface area contributed by atoms with E-state index in [9.17, 15) is 4.79 Å². The third kappa shape index (κ3) is 3.05. The zero-order valence-corrected chi connectivity index (χ0v) is 12.4. The van der Waals surface area contributed by atoms with Gasteiger partial charge in [0.2, 0.25) is 0 Å². The average Bonchev–Trinajstić information content (AvgIpc) is 2.55. The summed E-state index contributed by atoms with van der Waals surface area (Å²) in [6, 6.07) is 12.2. The van der Waals surface area contributed by atoms with Crippen molar-refractivity contribution in [3.8, 4) is 0 Å². The van der Waals surface area contributed by atoms with Crippen LogP contribution in [0.5, 0.6) is 0 Å². The molecular formula is C17H21N3O. The number of para-hydroxylation sites is 1. The second kappa shape index (κ2) is 6.22. The van der Waals surface area contributed by atoms with Gasteiger partial charge < -0.3 is 10.2 Å². The van der Waals surface area contributed by atoms with Crippen molar-refractivity contribution < 1.29 is 4.79 Å². The standard InChI is InChI=1S/C17H21N3O/c1-2-18-14-9-11-20(12-10-14)17(21)16-8-7-13-5-3-4-6-15(13)19-16/h3-8,14,18H,2,9-12H2,1H3. The van der Waals surface area contributed by atoms with Gasteiger partial charge in [-0.25, -0.2) is 4.98 Å². The summed E-state index contributed by atoms with van der Waals surface area (Å²) in [6.45, 7) is 4.73. The van der Waals surface area contributed by atoms with Crippen LogP contribution in [0.15, 0.2) is 36.4 Å². The van der Waals surface area contributed by atoms with E-state index in [2.05, 4.69) is 17.2 Å². The largest absolute Gasteiger partial charge is 0.337 e. The fourth-order valence-electron chi connectivity index (χ4n) is 2.92. The van der Waals surface area contributed by atoms with Gasteiger partial charge in [0.15, 0.2) is 0 Å². The number of rotatable bonds is 3. The second-order valence-electron chi connectivity index (χ2n) is 5.51. The monoisotopic (exact) mass is 283 g/mol. The summed E-state index contributed by atoms with van der Waals surface area (Å²) >= 11 is 0. The quantitative estimate of drug-likeness (QED) is 0.941. The molecule has 0 spiro atoms. The number of piperidine rings is 1. The zero-order valence-electron chi connectivity index (χ0n) is 12.4. The van der Waals surface area contributed by atoms with E-state index in [4.69, 9.17) is 0 Å². The van der Waals surface area contributed by atoms with Gasteiger partial charge in [0, 0.05) is 24.5 Å². The van der Waals surface area contributed by atoms with Gasteiger partial charge in [-0.2, -0.15) is 0 Å². The Morgan fingerprint density at radius 2 is 2.00 bits per heavy atom. The lowest BCUT2D eigenvalue weighted by atomic mass is 10.0. The number of carbonyl (C=O) groups excluding carboxylic acids is 1. The van der Waals surface area contributed by atoms with Crippen molar-refractivity contribution in [2.24, 2.45) is 0 Å². The van der Waals surface area contributed by atoms with Crippen molar-refractivity contribution in [2.75, 3.05) is 19.6 Å². The Balaban J connectivity index is 1.72. The molecule has 1 N–H and O–H groups in total. The van der Waals surface area contributed by atoms with E-state index in [1.54, 1.807) is 0 Å². The molecule has 0 aliphatic carbocycles. The number of carbonyl (C=O) groups is 1. The van der Waals surface area contributed by atoms with Gasteiger partial charge in [-0.3, -0.25) is 4.79 Å². The van der Waals surface area contributed by atoms with Crippen molar-refractivity contribution in [1.29, 1.82) is 0 Å². The minimum absolute atomic E-state index is 0.0516. The molecule has 110 valence electrons. The lowest BCUT2D eigenvalue weighted by Gasteiger charge is -2.32. The maximum Gasteiger partial charge on any atom is 0.272 e. The Hall–Kier alpha value is -1.94. The molecule has 1 saturated heterocycles. The Labute approximate surface area is 125 Å². The molecule has 2 aromatic rings. The molecule has 1 amide bonds. The Morgan fingerprint density at radius 3 is 2.76 bits per heavy atom. The highest BCUT2D eigenvalue weighted by Gasteiger charge is 2.23. The van der Waals surface area contributed by atoms with E-state index in [-0.39, 0.29) is 5.91 Å². The summed E-state index contributed by atoms with van der Waals surface area (Å²) < 4.78 is 0. The van der Waals surface area contributed by atoms with Crippen LogP contribution >= 0.6 is 0 Å². The third-order valence-electron chi connectivity index (χ3n) is 4.09. The Bertz CT molecular complexity index is 633.